The Hall–Kier alpha value is -2.54. The number of hydrogen-bond acceptors (Lipinski definition) is 4. The van der Waals surface area contributed by atoms with Crippen LogP contribution in [0.4, 0.5) is 0 Å². The second kappa shape index (κ2) is 6.29. The first kappa shape index (κ1) is 15.4. The number of fused-ring (bicyclic) bond motifs is 1. The molecule has 0 N–H and O–H groups in total. The van der Waals surface area contributed by atoms with Crippen molar-refractivity contribution in [3.8, 4) is 0 Å². The molecule has 3 rings (SSSR count). The highest BCUT2D eigenvalue weighted by atomic mass is 32.1. The van der Waals surface area contributed by atoms with E-state index in [-0.39, 0.29) is 24.4 Å². The lowest BCUT2D eigenvalue weighted by Crippen LogP contribution is -2.22. The molecule has 0 saturated heterocycles. The molecule has 0 aliphatic rings. The number of amides is 1. The van der Waals surface area contributed by atoms with Crippen molar-refractivity contribution in [2.45, 2.75) is 19.9 Å². The highest BCUT2D eigenvalue weighted by Gasteiger charge is 2.07. The number of carbonyl (C=O) groups excluding carboxylic acids is 1. The summed E-state index contributed by atoms with van der Waals surface area (Å²) in [5.74, 6) is -0.251. The molecule has 0 radical (unpaired) electrons. The van der Waals surface area contributed by atoms with Crippen LogP contribution in [0.3, 0.4) is 0 Å². The Morgan fingerprint density at radius 2 is 2.22 bits per heavy atom. The van der Waals surface area contributed by atoms with Gasteiger partial charge in [-0.2, -0.15) is 4.99 Å². The maximum atomic E-state index is 12.4. The van der Waals surface area contributed by atoms with E-state index in [0.717, 1.165) is 5.56 Å². The Bertz CT molecular complexity index is 997. The highest BCUT2D eigenvalue weighted by molar-refractivity contribution is 7.07. The van der Waals surface area contributed by atoms with E-state index in [1.165, 1.54) is 22.2 Å². The summed E-state index contributed by atoms with van der Waals surface area (Å²) in [6, 6.07) is 5.51. The van der Waals surface area contributed by atoms with Gasteiger partial charge in [0.05, 0.1) is 17.2 Å². The van der Waals surface area contributed by atoms with Crippen molar-refractivity contribution in [3.05, 3.63) is 56.8 Å². The number of rotatable bonds is 3. The fourth-order valence-corrected chi connectivity index (χ4v) is 3.06. The molecule has 0 aliphatic heterocycles. The number of hydrogen-bond donors (Lipinski definition) is 0. The molecule has 0 saturated carbocycles. The van der Waals surface area contributed by atoms with Gasteiger partial charge >= 0.3 is 0 Å². The first-order valence-corrected chi connectivity index (χ1v) is 8.06. The third-order valence-corrected chi connectivity index (χ3v) is 4.45. The van der Waals surface area contributed by atoms with Gasteiger partial charge < -0.3 is 4.57 Å². The number of nitrogens with zero attached hydrogens (tertiary/aromatic N) is 4. The van der Waals surface area contributed by atoms with Crippen molar-refractivity contribution >= 4 is 28.1 Å². The summed E-state index contributed by atoms with van der Waals surface area (Å²) in [7, 11) is 1.84. The fourth-order valence-electron chi connectivity index (χ4n) is 2.31. The highest BCUT2D eigenvalue weighted by Crippen LogP contribution is 2.11. The summed E-state index contributed by atoms with van der Waals surface area (Å²) in [5.41, 5.74) is 1.53. The van der Waals surface area contributed by atoms with Crippen molar-refractivity contribution in [2.75, 3.05) is 0 Å². The van der Waals surface area contributed by atoms with Crippen LogP contribution in [0.1, 0.15) is 12.0 Å². The molecule has 0 aliphatic carbocycles. The molecule has 0 atom stereocenters. The molecular formula is C16H16N4O2S. The van der Waals surface area contributed by atoms with E-state index in [2.05, 4.69) is 9.98 Å². The van der Waals surface area contributed by atoms with Crippen molar-refractivity contribution in [1.29, 1.82) is 0 Å². The van der Waals surface area contributed by atoms with Gasteiger partial charge in [0.2, 0.25) is 5.91 Å². The molecule has 3 aromatic rings. The molecule has 0 bridgehead atoms. The van der Waals surface area contributed by atoms with Gasteiger partial charge in [-0.3, -0.25) is 14.2 Å². The molecule has 118 valence electrons. The summed E-state index contributed by atoms with van der Waals surface area (Å²) in [6.45, 7) is 2.19. The zero-order valence-electron chi connectivity index (χ0n) is 12.9. The second-order valence-corrected chi connectivity index (χ2v) is 6.14. The predicted octanol–water partition coefficient (Wildman–Crippen LogP) is 1.62. The zero-order valence-corrected chi connectivity index (χ0v) is 13.7. The van der Waals surface area contributed by atoms with E-state index < -0.39 is 0 Å². The lowest BCUT2D eigenvalue weighted by atomic mass is 10.1. The minimum atomic E-state index is -0.251. The van der Waals surface area contributed by atoms with Gasteiger partial charge in [-0.1, -0.05) is 12.1 Å². The minimum absolute atomic E-state index is 0.131. The van der Waals surface area contributed by atoms with Crippen LogP contribution in [0, 0.1) is 6.92 Å². The van der Waals surface area contributed by atoms with Crippen LogP contribution >= 0.6 is 11.3 Å². The summed E-state index contributed by atoms with van der Waals surface area (Å²) >= 11 is 1.40. The Labute approximate surface area is 136 Å². The van der Waals surface area contributed by atoms with Crippen LogP contribution in [0.25, 0.3) is 10.9 Å². The average molecular weight is 328 g/mol. The number of aryl methyl sites for hydroxylation is 3. The second-order valence-electron chi connectivity index (χ2n) is 5.27. The summed E-state index contributed by atoms with van der Waals surface area (Å²) in [4.78, 5) is 33.4. The normalized spacial score (nSPS) is 12.0. The van der Waals surface area contributed by atoms with Crippen molar-refractivity contribution in [1.82, 2.24) is 14.1 Å². The molecule has 23 heavy (non-hydrogen) atoms. The van der Waals surface area contributed by atoms with Gasteiger partial charge in [-0.25, -0.2) is 4.98 Å². The van der Waals surface area contributed by atoms with Crippen LogP contribution < -0.4 is 10.4 Å². The quantitative estimate of drug-likeness (QED) is 0.734. The standard InChI is InChI=1S/C16H16N4O2S/c1-11-4-3-5-12-14(11)17-10-20(15(12)22)7-6-13(21)18-16-19(2)8-9-23-16/h3-5,8-10H,6-7H2,1-2H3. The Kier molecular flexibility index (Phi) is 4.20. The fraction of sp³-hybridized carbons (Fsp3) is 0.250. The van der Waals surface area contributed by atoms with Gasteiger partial charge in [0.15, 0.2) is 4.80 Å². The maximum absolute atomic E-state index is 12.4. The Balaban J connectivity index is 1.83. The van der Waals surface area contributed by atoms with E-state index in [1.807, 2.05) is 37.7 Å². The molecule has 2 heterocycles. The largest absolute Gasteiger partial charge is 0.327 e. The van der Waals surface area contributed by atoms with Crippen LogP contribution in [0.15, 0.2) is 45.9 Å². The van der Waals surface area contributed by atoms with Gasteiger partial charge in [0.25, 0.3) is 5.56 Å². The van der Waals surface area contributed by atoms with Crippen LogP contribution in [0.5, 0.6) is 0 Å². The minimum Gasteiger partial charge on any atom is -0.327 e. The third-order valence-electron chi connectivity index (χ3n) is 3.60. The molecule has 1 aromatic carbocycles. The van der Waals surface area contributed by atoms with Crippen LogP contribution in [0.2, 0.25) is 0 Å². The first-order valence-electron chi connectivity index (χ1n) is 7.19. The van der Waals surface area contributed by atoms with Crippen LogP contribution in [-0.2, 0) is 18.4 Å². The molecule has 7 heteroatoms. The number of thiazole rings is 1. The van der Waals surface area contributed by atoms with Gasteiger partial charge in [-0.15, -0.1) is 11.3 Å². The maximum Gasteiger partial charge on any atom is 0.261 e. The van der Waals surface area contributed by atoms with E-state index in [9.17, 15) is 9.59 Å². The molecule has 0 spiro atoms. The average Bonchev–Trinajstić information content (AvgIpc) is 2.92. The van der Waals surface area contributed by atoms with Gasteiger partial charge in [-0.05, 0) is 18.6 Å². The molecule has 6 nitrogen and oxygen atoms in total. The molecule has 0 fully saturated rings. The molecule has 1 amide bonds. The number of para-hydroxylation sites is 1. The molecule has 2 aromatic heterocycles. The van der Waals surface area contributed by atoms with Crippen LogP contribution in [-0.4, -0.2) is 20.0 Å². The summed E-state index contributed by atoms with van der Waals surface area (Å²) in [6.07, 6.45) is 3.50. The van der Waals surface area contributed by atoms with E-state index in [1.54, 1.807) is 10.6 Å². The monoisotopic (exact) mass is 328 g/mol. The van der Waals surface area contributed by atoms with Crippen molar-refractivity contribution < 1.29 is 4.79 Å². The Morgan fingerprint density at radius 3 is 2.96 bits per heavy atom. The number of aromatic nitrogens is 3. The SMILES string of the molecule is Cc1cccc2c(=O)n(CCC(=O)N=c3sccn3C)cnc12. The first-order chi connectivity index (χ1) is 11.1. The van der Waals surface area contributed by atoms with Crippen molar-refractivity contribution in [3.63, 3.8) is 0 Å². The van der Waals surface area contributed by atoms with Gasteiger partial charge in [0.1, 0.15) is 0 Å². The zero-order chi connectivity index (χ0) is 16.4. The van der Waals surface area contributed by atoms with E-state index in [4.69, 9.17) is 0 Å². The van der Waals surface area contributed by atoms with E-state index in [0.29, 0.717) is 15.7 Å². The predicted molar refractivity (Wildman–Crippen MR) is 89.2 cm³/mol. The molecule has 0 unspecified atom stereocenters. The summed E-state index contributed by atoms with van der Waals surface area (Å²) in [5, 5.41) is 2.44. The summed E-state index contributed by atoms with van der Waals surface area (Å²) < 4.78 is 3.25. The lowest BCUT2D eigenvalue weighted by molar-refractivity contribution is -0.118. The molecular weight excluding hydrogens is 312 g/mol. The smallest absolute Gasteiger partial charge is 0.261 e. The number of carbonyl (C=O) groups is 1. The lowest BCUT2D eigenvalue weighted by Gasteiger charge is -2.06. The topological polar surface area (TPSA) is 69.2 Å². The van der Waals surface area contributed by atoms with E-state index >= 15 is 0 Å². The number of benzene rings is 1. The third kappa shape index (κ3) is 3.14. The Morgan fingerprint density at radius 1 is 1.39 bits per heavy atom. The van der Waals surface area contributed by atoms with Gasteiger partial charge in [0, 0.05) is 31.6 Å². The van der Waals surface area contributed by atoms with Crippen molar-refractivity contribution in [2.24, 2.45) is 12.0 Å².